The molecule has 1 heterocycles. The van der Waals surface area contributed by atoms with E-state index < -0.39 is 42.6 Å². The van der Waals surface area contributed by atoms with Crippen LogP contribution in [0.5, 0.6) is 0 Å². The zero-order valence-electron chi connectivity index (χ0n) is 12.0. The zero-order chi connectivity index (χ0) is 13.2. The quantitative estimate of drug-likeness (QED) is 0.237. The third-order valence-electron chi connectivity index (χ3n) is 2.91. The third kappa shape index (κ3) is 9.69. The van der Waals surface area contributed by atoms with E-state index >= 15 is 0 Å². The van der Waals surface area contributed by atoms with Crippen molar-refractivity contribution in [2.75, 3.05) is 13.7 Å². The Hall–Kier alpha value is 5.04. The summed E-state index contributed by atoms with van der Waals surface area (Å²) in [5.41, 5.74) is -1.45. The smallest absolute Gasteiger partial charge is 0.337 e. The molecule has 1 fully saturated rings. The first kappa shape index (κ1) is 33.6. The van der Waals surface area contributed by atoms with Gasteiger partial charge in [-0.1, -0.05) is 0 Å². The molecule has 112 valence electrons. The second-order valence-corrected chi connectivity index (χ2v) is 4.32. The van der Waals surface area contributed by atoms with Gasteiger partial charge in [0, 0.05) is 183 Å². The van der Waals surface area contributed by atoms with Crippen molar-refractivity contribution in [2.45, 2.75) is 43.4 Å². The van der Waals surface area contributed by atoms with Crippen LogP contribution in [0, 0.1) is 176 Å². The molecule has 1 aliphatic rings. The van der Waals surface area contributed by atoms with Crippen molar-refractivity contribution in [3.63, 3.8) is 0 Å². The molecular formula is C10H18Ac4O7. The molecule has 0 aromatic carbocycles. The van der Waals surface area contributed by atoms with E-state index in [1.165, 1.54) is 14.0 Å². The van der Waals surface area contributed by atoms with Crippen LogP contribution in [0.15, 0.2) is 0 Å². The molecule has 4 radical (unpaired) electrons. The van der Waals surface area contributed by atoms with Crippen molar-refractivity contribution < 1.29 is 211 Å². The number of rotatable bonds is 3. The van der Waals surface area contributed by atoms with E-state index in [2.05, 4.69) is 4.74 Å². The van der Waals surface area contributed by atoms with Crippen LogP contribution < -0.4 is 0 Å². The van der Waals surface area contributed by atoms with Gasteiger partial charge >= 0.3 is 5.97 Å². The molecule has 5 atom stereocenters. The molecule has 11 heteroatoms. The number of aliphatic hydroxyl groups is 4. The second kappa shape index (κ2) is 16.0. The standard InChI is InChI=1S/C10H18O7.4Ac/c1-10(9(15)16-2)3-5(12)7(14)8(17-10)6(13)4-11;;;;/h5-8,11-14H,3-4H2,1-2H3;;;;. The van der Waals surface area contributed by atoms with Gasteiger partial charge in [-0.3, -0.25) is 0 Å². The normalized spacial score (nSPS) is 32.2. The van der Waals surface area contributed by atoms with Crippen molar-refractivity contribution in [2.24, 2.45) is 0 Å². The minimum Gasteiger partial charge on any atom is -0.467 e. The van der Waals surface area contributed by atoms with Crippen LogP contribution in [-0.4, -0.2) is 70.1 Å². The summed E-state index contributed by atoms with van der Waals surface area (Å²) in [7, 11) is 1.17. The maximum atomic E-state index is 11.5. The van der Waals surface area contributed by atoms with E-state index in [0.717, 1.165) is 0 Å². The van der Waals surface area contributed by atoms with E-state index in [1.54, 1.807) is 0 Å². The Morgan fingerprint density at radius 2 is 1.81 bits per heavy atom. The molecule has 0 aromatic rings. The van der Waals surface area contributed by atoms with Crippen molar-refractivity contribution in [1.29, 1.82) is 0 Å². The van der Waals surface area contributed by atoms with Crippen molar-refractivity contribution >= 4 is 5.97 Å². The van der Waals surface area contributed by atoms with Crippen LogP contribution in [0.25, 0.3) is 0 Å². The Kier molecular flexibility index (Phi) is 25.7. The predicted molar refractivity (Wildman–Crippen MR) is 55.0 cm³/mol. The minimum atomic E-state index is -1.45. The molecule has 0 aromatic heterocycles. The fourth-order valence-corrected chi connectivity index (χ4v) is 1.91. The maximum Gasteiger partial charge on any atom is 0.337 e. The van der Waals surface area contributed by atoms with E-state index in [9.17, 15) is 20.1 Å². The number of aliphatic hydroxyl groups excluding tert-OH is 4. The molecule has 0 saturated carbocycles. The molecule has 0 amide bonds. The molecule has 1 aliphatic heterocycles. The van der Waals surface area contributed by atoms with Gasteiger partial charge in [-0.05, 0) is 6.92 Å². The summed E-state index contributed by atoms with van der Waals surface area (Å²) in [5.74, 6) is -0.710. The summed E-state index contributed by atoms with van der Waals surface area (Å²) in [4.78, 5) is 11.5. The van der Waals surface area contributed by atoms with Gasteiger partial charge < -0.3 is 29.9 Å². The SMILES string of the molecule is COC(=O)C1(C)CC(O)C(O)C(C(O)CO)O1.[Ac].[Ac].[Ac].[Ac]. The molecule has 0 aliphatic carbocycles. The van der Waals surface area contributed by atoms with E-state index in [4.69, 9.17) is 9.84 Å². The predicted octanol–water partition coefficient (Wildman–Crippen LogP) is -2.22. The summed E-state index contributed by atoms with van der Waals surface area (Å²) in [6.45, 7) is 0.747. The molecule has 1 saturated heterocycles. The Labute approximate surface area is 267 Å². The van der Waals surface area contributed by atoms with E-state index in [1.807, 2.05) is 0 Å². The maximum absolute atomic E-state index is 11.5. The van der Waals surface area contributed by atoms with Crippen LogP contribution in [0.2, 0.25) is 0 Å². The van der Waals surface area contributed by atoms with Crippen LogP contribution in [0.3, 0.4) is 0 Å². The molecular weight excluding hydrogens is 1140 g/mol. The number of carbonyl (C=O) groups is 1. The molecule has 21 heavy (non-hydrogen) atoms. The first-order valence-corrected chi connectivity index (χ1v) is 5.27. The summed E-state index contributed by atoms with van der Waals surface area (Å²) in [6, 6.07) is 0. The fourth-order valence-electron chi connectivity index (χ4n) is 1.91. The van der Waals surface area contributed by atoms with Crippen LogP contribution in [0.1, 0.15) is 13.3 Å². The van der Waals surface area contributed by atoms with E-state index in [0.29, 0.717) is 0 Å². The van der Waals surface area contributed by atoms with Gasteiger partial charge in [0.2, 0.25) is 0 Å². The molecule has 5 unspecified atom stereocenters. The van der Waals surface area contributed by atoms with Crippen molar-refractivity contribution in [3.8, 4) is 0 Å². The Morgan fingerprint density at radius 1 is 1.33 bits per heavy atom. The largest absolute Gasteiger partial charge is 0.467 e. The molecule has 1 rings (SSSR count). The summed E-state index contributed by atoms with van der Waals surface area (Å²) in [5, 5.41) is 37.5. The summed E-state index contributed by atoms with van der Waals surface area (Å²) in [6.07, 6.45) is -5.37. The Morgan fingerprint density at radius 3 is 2.19 bits per heavy atom. The zero-order valence-corrected chi connectivity index (χ0v) is 31.0. The van der Waals surface area contributed by atoms with Crippen LogP contribution in [-0.2, 0) is 14.3 Å². The van der Waals surface area contributed by atoms with Gasteiger partial charge in [0.15, 0.2) is 5.60 Å². The van der Waals surface area contributed by atoms with Crippen LogP contribution >= 0.6 is 0 Å². The van der Waals surface area contributed by atoms with Gasteiger partial charge in [0.1, 0.15) is 18.3 Å². The topological polar surface area (TPSA) is 116 Å². The summed E-state index contributed by atoms with van der Waals surface area (Å²) < 4.78 is 9.80. The second-order valence-electron chi connectivity index (χ2n) is 4.32. The molecule has 7 nitrogen and oxygen atoms in total. The summed E-state index contributed by atoms with van der Waals surface area (Å²) >= 11 is 0. The Balaban J connectivity index is -0.000000361. The number of esters is 1. The average Bonchev–Trinajstić information content (AvgIpc) is 2.31. The van der Waals surface area contributed by atoms with Crippen molar-refractivity contribution in [1.82, 2.24) is 0 Å². The first-order valence-electron chi connectivity index (χ1n) is 5.27. The minimum absolute atomic E-state index is 0. The first-order chi connectivity index (χ1) is 7.85. The number of hydrogen-bond donors (Lipinski definition) is 4. The fraction of sp³-hybridized carbons (Fsp3) is 0.900. The van der Waals surface area contributed by atoms with Gasteiger partial charge in [0.25, 0.3) is 0 Å². The number of ether oxygens (including phenoxy) is 2. The molecule has 4 N–H and O–H groups in total. The van der Waals surface area contributed by atoms with Gasteiger partial charge in [-0.15, -0.1) is 0 Å². The number of carbonyl (C=O) groups excluding carboxylic acids is 1. The van der Waals surface area contributed by atoms with Crippen LogP contribution in [0.4, 0.5) is 0 Å². The number of hydrogen-bond acceptors (Lipinski definition) is 7. The van der Waals surface area contributed by atoms with Gasteiger partial charge in [-0.25, -0.2) is 4.79 Å². The molecule has 0 bridgehead atoms. The third-order valence-corrected chi connectivity index (χ3v) is 2.91. The average molecular weight is 1160 g/mol. The Bertz CT molecular complexity index is 297. The van der Waals surface area contributed by atoms with E-state index in [-0.39, 0.29) is 183 Å². The monoisotopic (exact) mass is 1160 g/mol. The van der Waals surface area contributed by atoms with Gasteiger partial charge in [0.05, 0.1) is 19.8 Å². The van der Waals surface area contributed by atoms with Crippen molar-refractivity contribution in [3.05, 3.63) is 0 Å². The molecule has 0 spiro atoms. The number of methoxy groups -OCH3 is 1. The van der Waals surface area contributed by atoms with Gasteiger partial charge in [-0.2, -0.15) is 0 Å².